The molecule has 6 atom stereocenters. The lowest BCUT2D eigenvalue weighted by Gasteiger charge is -2.27. The number of H-pyrrole nitrogens is 1. The van der Waals surface area contributed by atoms with Gasteiger partial charge in [0.25, 0.3) is 0 Å². The fourth-order valence-corrected chi connectivity index (χ4v) is 5.65. The van der Waals surface area contributed by atoms with Gasteiger partial charge in [-0.2, -0.15) is 12.6 Å². The first kappa shape index (κ1) is 49.8. The quantitative estimate of drug-likeness (QED) is 0.0150. The van der Waals surface area contributed by atoms with Crippen LogP contribution in [0.5, 0.6) is 0 Å². The number of nitrogens with zero attached hydrogens (tertiary/aromatic N) is 1. The van der Waals surface area contributed by atoms with Gasteiger partial charge < -0.3 is 76.0 Å². The van der Waals surface area contributed by atoms with Crippen molar-refractivity contribution in [2.75, 3.05) is 31.9 Å². The Morgan fingerprint density at radius 2 is 1.07 bits per heavy atom. The van der Waals surface area contributed by atoms with Gasteiger partial charge in [-0.25, -0.2) is 9.78 Å². The molecule has 0 radical (unpaired) electrons. The lowest BCUT2D eigenvalue weighted by Crippen LogP contribution is -2.59. The van der Waals surface area contributed by atoms with Gasteiger partial charge in [-0.15, -0.1) is 0 Å². The van der Waals surface area contributed by atoms with Gasteiger partial charge in [0, 0.05) is 31.5 Å². The number of amides is 5. The van der Waals surface area contributed by atoms with Gasteiger partial charge in [-0.3, -0.25) is 34.8 Å². The van der Waals surface area contributed by atoms with Crippen LogP contribution in [0.4, 0.5) is 0 Å². The molecule has 0 saturated carbocycles. The van der Waals surface area contributed by atoms with E-state index in [-0.39, 0.29) is 69.3 Å². The van der Waals surface area contributed by atoms with Gasteiger partial charge in [0.2, 0.25) is 29.5 Å². The van der Waals surface area contributed by atoms with E-state index in [4.69, 9.17) is 39.5 Å². The van der Waals surface area contributed by atoms with Crippen molar-refractivity contribution in [1.29, 1.82) is 10.8 Å². The highest BCUT2D eigenvalue weighted by Crippen LogP contribution is 2.08. The van der Waals surface area contributed by atoms with E-state index in [1.54, 1.807) is 6.20 Å². The summed E-state index contributed by atoms with van der Waals surface area (Å²) in [4.78, 5) is 86.1. The molecule has 1 rings (SSSR count). The Morgan fingerprint density at radius 3 is 1.47 bits per heavy atom. The van der Waals surface area contributed by atoms with Gasteiger partial charge in [-0.1, -0.05) is 0 Å². The summed E-state index contributed by atoms with van der Waals surface area (Å²) in [5.74, 6) is -5.78. The molecule has 23 nitrogen and oxygen atoms in total. The van der Waals surface area contributed by atoms with E-state index < -0.39 is 71.8 Å². The number of nitrogens with two attached hydrogens (primary N) is 5. The van der Waals surface area contributed by atoms with Crippen LogP contribution in [0.2, 0.25) is 0 Å². The highest BCUT2D eigenvalue weighted by molar-refractivity contribution is 7.80. The number of hydrogen-bond donors (Lipinski definition) is 17. The number of carboxylic acids is 1. The van der Waals surface area contributed by atoms with Crippen LogP contribution in [0, 0.1) is 10.8 Å². The molecular formula is C33H62N16O7S. The number of carboxylic acid groups (broad SMARTS) is 1. The zero-order chi connectivity index (χ0) is 42.8. The second-order valence-electron chi connectivity index (χ2n) is 13.2. The average molecular weight is 827 g/mol. The van der Waals surface area contributed by atoms with Crippen LogP contribution in [-0.4, -0.2) is 131 Å². The molecule has 0 bridgehead atoms. The van der Waals surface area contributed by atoms with E-state index in [1.165, 1.54) is 6.33 Å². The first-order valence-corrected chi connectivity index (χ1v) is 19.4. The average Bonchev–Trinajstić information content (AvgIpc) is 3.67. The molecule has 1 aromatic heterocycles. The summed E-state index contributed by atoms with van der Waals surface area (Å²) in [5, 5.41) is 42.5. The number of unbranched alkanes of at least 4 members (excludes halogenated alkanes) is 2. The van der Waals surface area contributed by atoms with Crippen molar-refractivity contribution >= 4 is 60.1 Å². The second-order valence-corrected chi connectivity index (χ2v) is 13.6. The normalized spacial score (nSPS) is 14.0. The number of imidazole rings is 1. The number of nitrogens with one attached hydrogen (secondary N) is 10. The smallest absolute Gasteiger partial charge is 0.326 e. The number of carbonyl (C=O) groups excluding carboxylic acids is 5. The molecule has 0 aliphatic rings. The monoisotopic (exact) mass is 826 g/mol. The molecule has 0 fully saturated rings. The summed E-state index contributed by atoms with van der Waals surface area (Å²) in [6, 6.07) is -7.22. The minimum Gasteiger partial charge on any atom is -0.480 e. The molecule has 0 saturated heterocycles. The standard InChI is InChI=1S/C33H62N16O7S/c34-11-3-1-7-21(46-27(51)22(9-5-13-42-32(37)38)45-26(50)20(36)15-19-16-41-18-44-19)29(53)49-25(17-57)30(54)47-23(10-6-14-43-33(39)40)28(52)48-24(31(55)56)8-2-4-12-35/h16,18,20-25,57H,1-15,17,34-36H2,(H,41,44)(H,45,50)(H,46,51)(H,47,54)(H,48,52)(H,49,53)(H,55,56)(H4,37,38,42)(H4,39,40,43)/t20-,21-,22-,23-,24-,25-/m0/s1. The summed E-state index contributed by atoms with van der Waals surface area (Å²) < 4.78 is 0. The third-order valence-electron chi connectivity index (χ3n) is 8.51. The van der Waals surface area contributed by atoms with Gasteiger partial charge in [0.1, 0.15) is 30.2 Å². The molecule has 322 valence electrons. The van der Waals surface area contributed by atoms with E-state index in [2.05, 4.69) is 59.8 Å². The maximum atomic E-state index is 13.7. The highest BCUT2D eigenvalue weighted by atomic mass is 32.1. The summed E-state index contributed by atoms with van der Waals surface area (Å²) in [5.41, 5.74) is 28.5. The molecule has 0 aliphatic heterocycles. The van der Waals surface area contributed by atoms with Crippen LogP contribution in [-0.2, 0) is 35.2 Å². The summed E-state index contributed by atoms with van der Waals surface area (Å²) in [6.45, 7) is 1.04. The molecule has 0 spiro atoms. The van der Waals surface area contributed by atoms with Gasteiger partial charge >= 0.3 is 5.97 Å². The number of aromatic nitrogens is 2. The van der Waals surface area contributed by atoms with Crippen molar-refractivity contribution in [1.82, 2.24) is 47.2 Å². The molecule has 24 heteroatoms. The molecule has 1 heterocycles. The molecule has 0 aliphatic carbocycles. The Bertz CT molecular complexity index is 1440. The Morgan fingerprint density at radius 1 is 0.667 bits per heavy atom. The zero-order valence-electron chi connectivity index (χ0n) is 32.1. The minimum atomic E-state index is -1.31. The second kappa shape index (κ2) is 28.2. The summed E-state index contributed by atoms with van der Waals surface area (Å²) in [7, 11) is 0. The lowest BCUT2D eigenvalue weighted by molar-refractivity contribution is -0.142. The SMILES string of the molecule is N=C(N)NCCC[C@H](NC(=O)[C@H](CS)NC(=O)[C@H](CCCCN)NC(=O)[C@H](CCCNC(=N)N)NC(=O)[C@@H](N)Cc1c[nH]cn1)C(=O)N[C@@H](CCCCN)C(=O)O. The highest BCUT2D eigenvalue weighted by Gasteiger charge is 2.32. The van der Waals surface area contributed by atoms with Crippen molar-refractivity contribution in [2.45, 2.75) is 107 Å². The molecule has 0 unspecified atom stereocenters. The van der Waals surface area contributed by atoms with Crippen molar-refractivity contribution in [3.63, 3.8) is 0 Å². The van der Waals surface area contributed by atoms with Crippen LogP contribution in [0.3, 0.4) is 0 Å². The Balaban J connectivity index is 3.19. The molecular weight excluding hydrogens is 765 g/mol. The third kappa shape index (κ3) is 21.1. The van der Waals surface area contributed by atoms with Gasteiger partial charge in [0.05, 0.1) is 18.1 Å². The fourth-order valence-electron chi connectivity index (χ4n) is 5.39. The number of hydrogen-bond acceptors (Lipinski definition) is 13. The predicted octanol–water partition coefficient (Wildman–Crippen LogP) is -4.50. The van der Waals surface area contributed by atoms with Crippen molar-refractivity contribution < 1.29 is 33.9 Å². The third-order valence-corrected chi connectivity index (χ3v) is 8.88. The van der Waals surface area contributed by atoms with Gasteiger partial charge in [-0.05, 0) is 77.3 Å². The maximum Gasteiger partial charge on any atom is 0.326 e. The van der Waals surface area contributed by atoms with Crippen LogP contribution in [0.15, 0.2) is 12.5 Å². The molecule has 1 aromatic rings. The van der Waals surface area contributed by atoms with Crippen LogP contribution in [0.25, 0.3) is 0 Å². The number of guanidine groups is 2. The van der Waals surface area contributed by atoms with E-state index in [9.17, 15) is 33.9 Å². The summed E-state index contributed by atoms with van der Waals surface area (Å²) in [6.07, 6.45) is 5.83. The fraction of sp³-hybridized carbons (Fsp3) is 0.667. The van der Waals surface area contributed by atoms with Crippen molar-refractivity contribution in [2.24, 2.45) is 28.7 Å². The van der Waals surface area contributed by atoms with Crippen molar-refractivity contribution in [3.05, 3.63) is 18.2 Å². The minimum absolute atomic E-state index is 0.0123. The zero-order valence-corrected chi connectivity index (χ0v) is 33.0. The molecule has 57 heavy (non-hydrogen) atoms. The van der Waals surface area contributed by atoms with Gasteiger partial charge in [0.15, 0.2) is 11.9 Å². The maximum absolute atomic E-state index is 13.7. The number of carbonyl (C=O) groups is 6. The van der Waals surface area contributed by atoms with Crippen molar-refractivity contribution in [3.8, 4) is 0 Å². The van der Waals surface area contributed by atoms with E-state index in [0.29, 0.717) is 50.9 Å². The van der Waals surface area contributed by atoms with E-state index >= 15 is 0 Å². The summed E-state index contributed by atoms with van der Waals surface area (Å²) >= 11 is 4.24. The first-order valence-electron chi connectivity index (χ1n) is 18.8. The first-order chi connectivity index (χ1) is 27.1. The number of aromatic amines is 1. The number of thiol groups is 1. The van der Waals surface area contributed by atoms with Crippen LogP contribution >= 0.6 is 12.6 Å². The number of aliphatic carboxylic acids is 1. The van der Waals surface area contributed by atoms with E-state index in [0.717, 1.165) is 0 Å². The Kier molecular flexibility index (Phi) is 24.7. The predicted molar refractivity (Wildman–Crippen MR) is 216 cm³/mol. The molecule has 0 aromatic carbocycles. The molecule has 5 amide bonds. The Labute approximate surface area is 337 Å². The Hall–Kier alpha value is -5.20. The molecule has 21 N–H and O–H groups in total. The number of rotatable bonds is 30. The topological polar surface area (TPSA) is 413 Å². The van der Waals surface area contributed by atoms with E-state index in [1.807, 2.05) is 0 Å². The van der Waals surface area contributed by atoms with Crippen LogP contribution in [0.1, 0.15) is 69.9 Å². The lowest BCUT2D eigenvalue weighted by atomic mass is 10.0. The largest absolute Gasteiger partial charge is 0.480 e. The van der Waals surface area contributed by atoms with Crippen LogP contribution < -0.4 is 65.9 Å².